The summed E-state index contributed by atoms with van der Waals surface area (Å²) in [5.41, 5.74) is 0.664. The number of nitrogens with two attached hydrogens (primary N) is 1. The molecule has 3 N–H and O–H groups in total. The second-order valence-electron chi connectivity index (χ2n) is 5.32. The number of rotatable bonds is 6. The predicted molar refractivity (Wildman–Crippen MR) is 78.8 cm³/mol. The third-order valence-electron chi connectivity index (χ3n) is 3.75. The van der Waals surface area contributed by atoms with E-state index in [4.69, 9.17) is 5.14 Å². The van der Waals surface area contributed by atoms with E-state index in [2.05, 4.69) is 4.90 Å². The van der Waals surface area contributed by atoms with Crippen LogP contribution in [0.1, 0.15) is 35.2 Å². The predicted octanol–water partition coefficient (Wildman–Crippen LogP) is 1.06. The van der Waals surface area contributed by atoms with E-state index in [9.17, 15) is 18.3 Å². The van der Waals surface area contributed by atoms with Crippen LogP contribution in [0, 0.1) is 0 Å². The second kappa shape index (κ2) is 6.55. The van der Waals surface area contributed by atoms with Gasteiger partial charge in [0.15, 0.2) is 0 Å². The average Bonchev–Trinajstić information content (AvgIpc) is 2.90. The molecular formula is C14H20N2O4S. The highest BCUT2D eigenvalue weighted by Crippen LogP contribution is 2.18. The molecule has 0 atom stereocenters. The molecule has 1 aromatic rings. The van der Waals surface area contributed by atoms with Gasteiger partial charge in [-0.1, -0.05) is 0 Å². The van der Waals surface area contributed by atoms with E-state index in [-0.39, 0.29) is 10.5 Å². The number of primary sulfonamides is 1. The monoisotopic (exact) mass is 312 g/mol. The summed E-state index contributed by atoms with van der Waals surface area (Å²) >= 11 is 0. The summed E-state index contributed by atoms with van der Waals surface area (Å²) in [7, 11) is -3.81. The molecule has 0 unspecified atom stereocenters. The smallest absolute Gasteiger partial charge is 0.335 e. The normalized spacial score (nSPS) is 16.2. The molecule has 116 valence electrons. The molecule has 21 heavy (non-hydrogen) atoms. The fraction of sp³-hybridized carbons (Fsp3) is 0.500. The summed E-state index contributed by atoms with van der Waals surface area (Å²) in [6.45, 7) is 3.07. The molecule has 0 aromatic heterocycles. The summed E-state index contributed by atoms with van der Waals surface area (Å²) in [6.07, 6.45) is 3.75. The van der Waals surface area contributed by atoms with Crippen molar-refractivity contribution in [1.29, 1.82) is 0 Å². The van der Waals surface area contributed by atoms with Gasteiger partial charge in [-0.3, -0.25) is 0 Å². The van der Waals surface area contributed by atoms with Crippen molar-refractivity contribution in [3.05, 3.63) is 29.3 Å². The first-order chi connectivity index (χ1) is 9.88. The van der Waals surface area contributed by atoms with E-state index in [0.29, 0.717) is 12.0 Å². The lowest BCUT2D eigenvalue weighted by atomic mass is 10.0. The lowest BCUT2D eigenvalue weighted by Gasteiger charge is -2.15. The largest absolute Gasteiger partial charge is 0.478 e. The molecule has 0 amide bonds. The molecule has 1 saturated heterocycles. The van der Waals surface area contributed by atoms with Gasteiger partial charge in [-0.05, 0) is 69.1 Å². The summed E-state index contributed by atoms with van der Waals surface area (Å²) in [5.74, 6) is -1.05. The quantitative estimate of drug-likeness (QED) is 0.818. The molecule has 0 aliphatic carbocycles. The van der Waals surface area contributed by atoms with Crippen LogP contribution in [0.4, 0.5) is 0 Å². The minimum Gasteiger partial charge on any atom is -0.478 e. The fourth-order valence-corrected chi connectivity index (χ4v) is 3.23. The zero-order chi connectivity index (χ0) is 15.5. The van der Waals surface area contributed by atoms with Crippen LogP contribution in [0.5, 0.6) is 0 Å². The number of aryl methyl sites for hydroxylation is 1. The van der Waals surface area contributed by atoms with E-state index in [1.54, 1.807) is 0 Å². The maximum Gasteiger partial charge on any atom is 0.335 e. The number of sulfonamides is 1. The van der Waals surface area contributed by atoms with Crippen LogP contribution in [-0.4, -0.2) is 44.0 Å². The first kappa shape index (κ1) is 15.9. The Balaban J connectivity index is 2.12. The first-order valence-corrected chi connectivity index (χ1v) is 8.54. The molecule has 1 fully saturated rings. The van der Waals surface area contributed by atoms with Crippen LogP contribution in [-0.2, 0) is 16.4 Å². The van der Waals surface area contributed by atoms with Crippen LogP contribution in [0.2, 0.25) is 0 Å². The molecule has 1 aliphatic rings. The molecule has 6 nitrogen and oxygen atoms in total. The van der Waals surface area contributed by atoms with Crippen molar-refractivity contribution in [2.75, 3.05) is 19.6 Å². The number of benzene rings is 1. The van der Waals surface area contributed by atoms with Gasteiger partial charge in [-0.15, -0.1) is 0 Å². The second-order valence-corrected chi connectivity index (χ2v) is 6.88. The van der Waals surface area contributed by atoms with Crippen molar-refractivity contribution >= 4 is 16.0 Å². The zero-order valence-corrected chi connectivity index (χ0v) is 12.6. The van der Waals surface area contributed by atoms with Gasteiger partial charge in [-0.25, -0.2) is 18.4 Å². The average molecular weight is 312 g/mol. The summed E-state index contributed by atoms with van der Waals surface area (Å²) < 4.78 is 22.7. The number of carboxylic acid groups (broad SMARTS) is 1. The Morgan fingerprint density at radius 1 is 1.29 bits per heavy atom. The van der Waals surface area contributed by atoms with E-state index >= 15 is 0 Å². The number of nitrogens with zero attached hydrogens (tertiary/aromatic N) is 1. The summed E-state index contributed by atoms with van der Waals surface area (Å²) in [5, 5.41) is 14.3. The van der Waals surface area contributed by atoms with Crippen molar-refractivity contribution in [2.45, 2.75) is 30.6 Å². The Hall–Kier alpha value is -1.44. The van der Waals surface area contributed by atoms with Gasteiger partial charge >= 0.3 is 5.97 Å². The van der Waals surface area contributed by atoms with Crippen LogP contribution in [0.15, 0.2) is 23.1 Å². The number of aromatic carboxylic acids is 1. The Bertz CT molecular complexity index is 622. The SMILES string of the molecule is NS(=O)(=O)c1ccc(C(=O)O)c(CCCN2CCCC2)c1. The number of carbonyl (C=O) groups is 1. The van der Waals surface area contributed by atoms with Gasteiger partial charge < -0.3 is 10.0 Å². The molecule has 7 heteroatoms. The number of likely N-dealkylation sites (tertiary alicyclic amines) is 1. The van der Waals surface area contributed by atoms with E-state index in [1.165, 1.54) is 31.0 Å². The third-order valence-corrected chi connectivity index (χ3v) is 4.67. The number of carboxylic acids is 1. The summed E-state index contributed by atoms with van der Waals surface area (Å²) in [4.78, 5) is 13.5. The van der Waals surface area contributed by atoms with Crippen molar-refractivity contribution < 1.29 is 18.3 Å². The molecular weight excluding hydrogens is 292 g/mol. The highest BCUT2D eigenvalue weighted by molar-refractivity contribution is 7.89. The van der Waals surface area contributed by atoms with Gasteiger partial charge in [0.05, 0.1) is 10.5 Å². The Labute approximate surface area is 124 Å². The van der Waals surface area contributed by atoms with E-state index < -0.39 is 16.0 Å². The zero-order valence-electron chi connectivity index (χ0n) is 11.8. The molecule has 1 heterocycles. The lowest BCUT2D eigenvalue weighted by Crippen LogP contribution is -2.21. The molecule has 0 spiro atoms. The third kappa shape index (κ3) is 4.26. The van der Waals surface area contributed by atoms with Gasteiger partial charge in [0, 0.05) is 0 Å². The lowest BCUT2D eigenvalue weighted by molar-refractivity contribution is 0.0695. The number of hydrogen-bond donors (Lipinski definition) is 2. The van der Waals surface area contributed by atoms with E-state index in [0.717, 1.165) is 26.1 Å². The molecule has 1 aromatic carbocycles. The van der Waals surface area contributed by atoms with Crippen molar-refractivity contribution in [3.8, 4) is 0 Å². The van der Waals surface area contributed by atoms with Gasteiger partial charge in [0.2, 0.25) is 10.0 Å². The first-order valence-electron chi connectivity index (χ1n) is 6.99. The minimum atomic E-state index is -3.81. The van der Waals surface area contributed by atoms with Gasteiger partial charge in [0.1, 0.15) is 0 Å². The van der Waals surface area contributed by atoms with Crippen LogP contribution >= 0.6 is 0 Å². The van der Waals surface area contributed by atoms with Crippen LogP contribution in [0.25, 0.3) is 0 Å². The van der Waals surface area contributed by atoms with Crippen molar-refractivity contribution in [2.24, 2.45) is 5.14 Å². The Morgan fingerprint density at radius 3 is 2.52 bits per heavy atom. The molecule has 2 rings (SSSR count). The maximum atomic E-state index is 11.4. The standard InChI is InChI=1S/C14H20N2O4S/c15-21(19,20)12-5-6-13(14(17)18)11(10-12)4-3-9-16-7-1-2-8-16/h5-6,10H,1-4,7-9H2,(H,17,18)(H2,15,19,20). The van der Waals surface area contributed by atoms with Crippen molar-refractivity contribution in [3.63, 3.8) is 0 Å². The topological polar surface area (TPSA) is 101 Å². The highest BCUT2D eigenvalue weighted by atomic mass is 32.2. The highest BCUT2D eigenvalue weighted by Gasteiger charge is 2.16. The molecule has 1 aliphatic heterocycles. The number of hydrogen-bond acceptors (Lipinski definition) is 4. The van der Waals surface area contributed by atoms with Crippen LogP contribution < -0.4 is 5.14 Å². The maximum absolute atomic E-state index is 11.4. The molecule has 0 radical (unpaired) electrons. The minimum absolute atomic E-state index is 0.0383. The Morgan fingerprint density at radius 2 is 1.95 bits per heavy atom. The Kier molecular flexibility index (Phi) is 4.97. The molecule has 0 saturated carbocycles. The fourth-order valence-electron chi connectivity index (χ4n) is 2.66. The summed E-state index contributed by atoms with van der Waals surface area (Å²) in [6, 6.07) is 3.93. The van der Waals surface area contributed by atoms with Gasteiger partial charge in [0.25, 0.3) is 0 Å². The van der Waals surface area contributed by atoms with Crippen molar-refractivity contribution in [1.82, 2.24) is 4.90 Å². The van der Waals surface area contributed by atoms with Gasteiger partial charge in [-0.2, -0.15) is 0 Å². The molecule has 0 bridgehead atoms. The van der Waals surface area contributed by atoms with Crippen LogP contribution in [0.3, 0.4) is 0 Å². The van der Waals surface area contributed by atoms with E-state index in [1.807, 2.05) is 0 Å².